The monoisotopic (exact) mass is 267 g/mol. The van der Waals surface area contributed by atoms with E-state index in [4.69, 9.17) is 16.3 Å². The fourth-order valence-corrected chi connectivity index (χ4v) is 2.68. The van der Waals surface area contributed by atoms with E-state index in [9.17, 15) is 4.79 Å². The zero-order valence-corrected chi connectivity index (χ0v) is 11.3. The Kier molecular flexibility index (Phi) is 4.48. The molecule has 1 N–H and O–H groups in total. The molecule has 0 spiro atoms. The Morgan fingerprint density at radius 3 is 3.11 bits per heavy atom. The van der Waals surface area contributed by atoms with Crippen LogP contribution in [-0.4, -0.2) is 18.9 Å². The molecule has 0 aromatic heterocycles. The van der Waals surface area contributed by atoms with Crippen molar-refractivity contribution >= 4 is 17.5 Å². The smallest absolute Gasteiger partial charge is 0.221 e. The number of methoxy groups -OCH3 is 1. The third-order valence-corrected chi connectivity index (χ3v) is 3.53. The minimum absolute atomic E-state index is 0.0191. The molecular weight excluding hydrogens is 250 g/mol. The lowest BCUT2D eigenvalue weighted by molar-refractivity contribution is -0.121. The fraction of sp³-hybridized carbons (Fsp3) is 0.500. The SMILES string of the molecule is COc1cccc2c1CCCC2NC(=O)CCCl. The summed E-state index contributed by atoms with van der Waals surface area (Å²) < 4.78 is 5.38. The first-order valence-electron chi connectivity index (χ1n) is 6.27. The molecule has 0 radical (unpaired) electrons. The Morgan fingerprint density at radius 2 is 2.39 bits per heavy atom. The molecule has 98 valence electrons. The summed E-state index contributed by atoms with van der Waals surface area (Å²) in [6.07, 6.45) is 3.44. The number of alkyl halides is 1. The first-order valence-corrected chi connectivity index (χ1v) is 6.81. The van der Waals surface area contributed by atoms with Crippen molar-refractivity contribution in [2.75, 3.05) is 13.0 Å². The van der Waals surface area contributed by atoms with Crippen LogP contribution in [0.15, 0.2) is 18.2 Å². The van der Waals surface area contributed by atoms with Gasteiger partial charge in [0.15, 0.2) is 0 Å². The zero-order valence-electron chi connectivity index (χ0n) is 10.5. The average molecular weight is 268 g/mol. The number of carbonyl (C=O) groups is 1. The molecule has 2 rings (SSSR count). The van der Waals surface area contributed by atoms with Crippen LogP contribution < -0.4 is 10.1 Å². The third-order valence-electron chi connectivity index (χ3n) is 3.34. The van der Waals surface area contributed by atoms with Gasteiger partial charge < -0.3 is 10.1 Å². The highest BCUT2D eigenvalue weighted by molar-refractivity contribution is 6.18. The maximum atomic E-state index is 11.6. The summed E-state index contributed by atoms with van der Waals surface area (Å²) in [5, 5.41) is 3.05. The lowest BCUT2D eigenvalue weighted by Crippen LogP contribution is -2.31. The summed E-state index contributed by atoms with van der Waals surface area (Å²) in [5.74, 6) is 1.30. The van der Waals surface area contributed by atoms with Gasteiger partial charge in [-0.3, -0.25) is 4.79 Å². The van der Waals surface area contributed by atoms with Gasteiger partial charge >= 0.3 is 0 Å². The van der Waals surface area contributed by atoms with Gasteiger partial charge in [0.1, 0.15) is 5.75 Å². The Balaban J connectivity index is 2.20. The van der Waals surface area contributed by atoms with E-state index >= 15 is 0 Å². The second-order valence-corrected chi connectivity index (χ2v) is 4.86. The molecule has 1 aliphatic carbocycles. The minimum atomic E-state index is 0.0191. The van der Waals surface area contributed by atoms with Crippen molar-refractivity contribution in [1.82, 2.24) is 5.32 Å². The molecule has 0 heterocycles. The van der Waals surface area contributed by atoms with Crippen LogP contribution in [0.25, 0.3) is 0 Å². The number of fused-ring (bicyclic) bond motifs is 1. The van der Waals surface area contributed by atoms with Crippen molar-refractivity contribution in [1.29, 1.82) is 0 Å². The van der Waals surface area contributed by atoms with E-state index < -0.39 is 0 Å². The first kappa shape index (κ1) is 13.2. The van der Waals surface area contributed by atoms with Crippen molar-refractivity contribution in [3.05, 3.63) is 29.3 Å². The predicted molar refractivity (Wildman–Crippen MR) is 72.2 cm³/mol. The zero-order chi connectivity index (χ0) is 13.0. The van der Waals surface area contributed by atoms with E-state index in [2.05, 4.69) is 11.4 Å². The van der Waals surface area contributed by atoms with Gasteiger partial charge in [-0.1, -0.05) is 12.1 Å². The Labute approximate surface area is 112 Å². The van der Waals surface area contributed by atoms with E-state index in [0.717, 1.165) is 25.0 Å². The number of halogens is 1. The molecule has 1 aromatic rings. The van der Waals surface area contributed by atoms with Gasteiger partial charge in [0.2, 0.25) is 5.91 Å². The van der Waals surface area contributed by atoms with E-state index in [0.29, 0.717) is 12.3 Å². The van der Waals surface area contributed by atoms with E-state index in [1.807, 2.05) is 12.1 Å². The number of carbonyl (C=O) groups excluding carboxylic acids is 1. The average Bonchev–Trinajstić information content (AvgIpc) is 2.38. The van der Waals surface area contributed by atoms with Gasteiger partial charge in [-0.25, -0.2) is 0 Å². The number of hydrogen-bond acceptors (Lipinski definition) is 2. The van der Waals surface area contributed by atoms with Crippen molar-refractivity contribution in [3.63, 3.8) is 0 Å². The maximum absolute atomic E-state index is 11.6. The van der Waals surface area contributed by atoms with Gasteiger partial charge in [-0.2, -0.15) is 0 Å². The molecule has 1 aromatic carbocycles. The Bertz CT molecular complexity index is 434. The molecule has 4 heteroatoms. The quantitative estimate of drug-likeness (QED) is 0.852. The van der Waals surface area contributed by atoms with Crippen molar-refractivity contribution in [2.45, 2.75) is 31.7 Å². The minimum Gasteiger partial charge on any atom is -0.496 e. The van der Waals surface area contributed by atoms with Gasteiger partial charge in [0.25, 0.3) is 0 Å². The van der Waals surface area contributed by atoms with Crippen molar-refractivity contribution in [2.24, 2.45) is 0 Å². The highest BCUT2D eigenvalue weighted by Gasteiger charge is 2.23. The second kappa shape index (κ2) is 6.10. The van der Waals surface area contributed by atoms with Gasteiger partial charge in [0.05, 0.1) is 13.2 Å². The molecule has 1 aliphatic rings. The molecule has 0 aliphatic heterocycles. The van der Waals surface area contributed by atoms with E-state index in [1.165, 1.54) is 11.1 Å². The van der Waals surface area contributed by atoms with Crippen LogP contribution >= 0.6 is 11.6 Å². The summed E-state index contributed by atoms with van der Waals surface area (Å²) in [4.78, 5) is 11.6. The molecule has 1 amide bonds. The number of rotatable bonds is 4. The maximum Gasteiger partial charge on any atom is 0.221 e. The standard InChI is InChI=1S/C14H18ClNO2/c1-18-13-7-3-4-10-11(13)5-2-6-12(10)16-14(17)8-9-15/h3-4,7,12H,2,5-6,8-9H2,1H3,(H,16,17). The number of hydrogen-bond donors (Lipinski definition) is 1. The predicted octanol–water partition coefficient (Wildman–Crippen LogP) is 2.82. The number of ether oxygens (including phenoxy) is 1. The summed E-state index contributed by atoms with van der Waals surface area (Å²) in [7, 11) is 1.69. The lowest BCUT2D eigenvalue weighted by atomic mass is 9.87. The van der Waals surface area contributed by atoms with Crippen LogP contribution in [0, 0.1) is 0 Å². The molecule has 0 bridgehead atoms. The summed E-state index contributed by atoms with van der Waals surface area (Å²) in [6.45, 7) is 0. The number of amides is 1. The number of benzene rings is 1. The Morgan fingerprint density at radius 1 is 1.56 bits per heavy atom. The lowest BCUT2D eigenvalue weighted by Gasteiger charge is -2.27. The van der Waals surface area contributed by atoms with Crippen molar-refractivity contribution in [3.8, 4) is 5.75 Å². The molecule has 0 saturated carbocycles. The largest absolute Gasteiger partial charge is 0.496 e. The van der Waals surface area contributed by atoms with Gasteiger partial charge in [-0.05, 0) is 36.5 Å². The van der Waals surface area contributed by atoms with E-state index in [1.54, 1.807) is 7.11 Å². The van der Waals surface area contributed by atoms with Gasteiger partial charge in [0, 0.05) is 12.3 Å². The van der Waals surface area contributed by atoms with Crippen LogP contribution in [0.2, 0.25) is 0 Å². The molecule has 18 heavy (non-hydrogen) atoms. The molecule has 3 nitrogen and oxygen atoms in total. The summed E-state index contributed by atoms with van der Waals surface area (Å²) in [6, 6.07) is 6.12. The third kappa shape index (κ3) is 2.78. The molecular formula is C14H18ClNO2. The van der Waals surface area contributed by atoms with Crippen molar-refractivity contribution < 1.29 is 9.53 Å². The molecule has 1 atom stereocenters. The molecule has 0 saturated heterocycles. The van der Waals surface area contributed by atoms with Crippen LogP contribution in [0.1, 0.15) is 36.4 Å². The van der Waals surface area contributed by atoms with Crippen LogP contribution in [0.3, 0.4) is 0 Å². The summed E-state index contributed by atoms with van der Waals surface area (Å²) >= 11 is 5.58. The Hall–Kier alpha value is -1.22. The molecule has 0 fully saturated rings. The van der Waals surface area contributed by atoms with E-state index in [-0.39, 0.29) is 11.9 Å². The second-order valence-electron chi connectivity index (χ2n) is 4.48. The summed E-state index contributed by atoms with van der Waals surface area (Å²) in [5.41, 5.74) is 2.41. The van der Waals surface area contributed by atoms with Crippen LogP contribution in [0.5, 0.6) is 5.75 Å². The highest BCUT2D eigenvalue weighted by atomic mass is 35.5. The number of nitrogens with one attached hydrogen (secondary N) is 1. The fourth-order valence-electron chi connectivity index (χ4n) is 2.51. The highest BCUT2D eigenvalue weighted by Crippen LogP contribution is 2.35. The van der Waals surface area contributed by atoms with Crippen LogP contribution in [0.4, 0.5) is 0 Å². The normalized spacial score (nSPS) is 18.0. The topological polar surface area (TPSA) is 38.3 Å². The van der Waals surface area contributed by atoms with Crippen LogP contribution in [-0.2, 0) is 11.2 Å². The molecule has 1 unspecified atom stereocenters. The first-order chi connectivity index (χ1) is 8.76. The van der Waals surface area contributed by atoms with Gasteiger partial charge in [-0.15, -0.1) is 11.6 Å².